The Morgan fingerprint density at radius 2 is 1.69 bits per heavy atom. The predicted molar refractivity (Wildman–Crippen MR) is 43.3 cm³/mol. The van der Waals surface area contributed by atoms with Crippen molar-refractivity contribution in [3.63, 3.8) is 0 Å². The molecule has 0 radical (unpaired) electrons. The van der Waals surface area contributed by atoms with Crippen molar-refractivity contribution < 1.29 is 25.9 Å². The van der Waals surface area contributed by atoms with Crippen molar-refractivity contribution in [1.29, 1.82) is 0 Å². The van der Waals surface area contributed by atoms with Crippen LogP contribution in [0.25, 0.3) is 0 Å². The summed E-state index contributed by atoms with van der Waals surface area (Å²) < 4.78 is 56.6. The molecule has 0 aromatic carbocycles. The van der Waals surface area contributed by atoms with Crippen LogP contribution in [0.2, 0.25) is 0 Å². The third-order valence-corrected chi connectivity index (χ3v) is 4.29. The maximum atomic E-state index is 12.0. The number of hydrogen-bond donors (Lipinski definition) is 0. The van der Waals surface area contributed by atoms with Gasteiger partial charge in [-0.15, -0.1) is 0 Å². The highest BCUT2D eigenvalue weighted by Crippen LogP contribution is 2.49. The van der Waals surface area contributed by atoms with Crippen LogP contribution in [-0.2, 0) is 13.6 Å². The van der Waals surface area contributed by atoms with Crippen LogP contribution in [0.1, 0.15) is 0 Å². The van der Waals surface area contributed by atoms with E-state index in [1.165, 1.54) is 0 Å². The number of nitrogens with zero attached hydrogens (tertiary/aromatic N) is 1. The maximum absolute atomic E-state index is 12.0. The molecule has 0 saturated heterocycles. The van der Waals surface area contributed by atoms with Gasteiger partial charge in [-0.3, -0.25) is 9.05 Å². The minimum Gasteiger partial charge on any atom is -0.300 e. The molecule has 0 atom stereocenters. The minimum absolute atomic E-state index is 0.555. The lowest BCUT2D eigenvalue weighted by molar-refractivity contribution is 0.222. The van der Waals surface area contributed by atoms with Crippen LogP contribution in [0.4, 0.5) is 12.3 Å². The molecule has 80 valence electrons. The summed E-state index contributed by atoms with van der Waals surface area (Å²) in [5, 5.41) is 0. The molecule has 0 saturated carbocycles. The van der Waals surface area contributed by atoms with Gasteiger partial charge in [-0.1, -0.05) is 0 Å². The van der Waals surface area contributed by atoms with E-state index < -0.39 is 23.0 Å². The minimum atomic E-state index is -5.77. The van der Waals surface area contributed by atoms with Gasteiger partial charge in [-0.05, 0) is 7.05 Å². The van der Waals surface area contributed by atoms with Gasteiger partial charge in [0.2, 0.25) is 0 Å². The zero-order valence-corrected chi connectivity index (χ0v) is 9.35. The Morgan fingerprint density at radius 3 is 1.92 bits per heavy atom. The highest BCUT2D eigenvalue weighted by Gasteiger charge is 2.43. The zero-order chi connectivity index (χ0) is 10.7. The quantitative estimate of drug-likeness (QED) is 0.414. The van der Waals surface area contributed by atoms with E-state index in [4.69, 9.17) is 0 Å². The lowest BCUT2D eigenvalue weighted by atomic mass is 11.2. The Hall–Kier alpha value is 0.117. The predicted octanol–water partition coefficient (Wildman–Crippen LogP) is 1.71. The normalized spacial score (nSPS) is 13.8. The summed E-state index contributed by atoms with van der Waals surface area (Å²) in [6.45, 7) is 0. The molecule has 0 rings (SSSR count). The lowest BCUT2D eigenvalue weighted by Crippen LogP contribution is -2.34. The second-order valence-corrected chi connectivity index (χ2v) is 6.16. The first-order valence-electron chi connectivity index (χ1n) is 3.25. The fourth-order valence-corrected chi connectivity index (χ4v) is 3.10. The molecule has 4 nitrogen and oxygen atoms in total. The summed E-state index contributed by atoms with van der Waals surface area (Å²) in [4.78, 5) is 0. The van der Waals surface area contributed by atoms with Gasteiger partial charge < -0.3 is 0 Å². The van der Waals surface area contributed by atoms with Crippen LogP contribution in [-0.4, -0.2) is 41.2 Å². The number of rotatable bonds is 5. The van der Waals surface area contributed by atoms with E-state index in [2.05, 4.69) is 9.05 Å². The van der Waals surface area contributed by atoms with Crippen molar-refractivity contribution in [3.05, 3.63) is 0 Å². The van der Waals surface area contributed by atoms with E-state index in [1.807, 2.05) is 0 Å². The van der Waals surface area contributed by atoms with Gasteiger partial charge in [-0.25, -0.2) is 21.6 Å². The summed E-state index contributed by atoms with van der Waals surface area (Å²) in [5.41, 5.74) is 0. The van der Waals surface area contributed by atoms with E-state index in [9.17, 15) is 16.9 Å². The van der Waals surface area contributed by atoms with Gasteiger partial charge in [0.1, 0.15) is 0 Å². The van der Waals surface area contributed by atoms with Crippen molar-refractivity contribution in [3.8, 4) is 0 Å². The van der Waals surface area contributed by atoms with Gasteiger partial charge in [0.15, 0.2) is 0 Å². The van der Waals surface area contributed by atoms with Crippen LogP contribution in [0.5, 0.6) is 0 Å². The first-order chi connectivity index (χ1) is 5.75. The summed E-state index contributed by atoms with van der Waals surface area (Å²) in [6.07, 6.45) is -1.20. The smallest absolute Gasteiger partial charge is 0.300 e. The molecule has 0 aliphatic carbocycles. The molecular weight excluding hydrogens is 226 g/mol. The van der Waals surface area contributed by atoms with Gasteiger partial charge in [0.05, 0.1) is 6.17 Å². The van der Waals surface area contributed by atoms with E-state index in [-0.39, 0.29) is 0 Å². The fourth-order valence-electron chi connectivity index (χ4n) is 0.699. The Bertz CT molecular complexity index is 203. The molecule has 0 fully saturated rings. The molecule has 0 heterocycles. The zero-order valence-electron chi connectivity index (χ0n) is 7.46. The molecule has 0 aromatic heterocycles. The van der Waals surface area contributed by atoms with Crippen molar-refractivity contribution in [2.45, 2.75) is 0 Å². The summed E-state index contributed by atoms with van der Waals surface area (Å²) in [7, 11) is -6.36. The number of hydrogen-bond acceptors (Lipinski definition) is 3. The SMILES string of the molecule is COP(=O)(OC)N(C)C[Si](F)(F)F. The molecule has 0 aliphatic heterocycles. The van der Waals surface area contributed by atoms with E-state index in [0.717, 1.165) is 21.3 Å². The average Bonchev–Trinajstić information content (AvgIpc) is 2.00. The topological polar surface area (TPSA) is 38.8 Å². The standard InChI is InChI=1S/C4H11F3NO3PSi/c1-8(4-13(5,6)7)12(9,10-2)11-3/h4H2,1-3H3. The first-order valence-corrected chi connectivity index (χ1v) is 6.58. The summed E-state index contributed by atoms with van der Waals surface area (Å²) in [5.74, 6) is 0. The third kappa shape index (κ3) is 4.23. The molecule has 9 heteroatoms. The molecular formula is C4H11F3NO3PSi. The Morgan fingerprint density at radius 1 is 1.31 bits per heavy atom. The monoisotopic (exact) mass is 237 g/mol. The molecule has 0 aliphatic rings. The second-order valence-electron chi connectivity index (χ2n) is 2.26. The molecule has 13 heavy (non-hydrogen) atoms. The maximum Gasteiger partial charge on any atom is 0.631 e. The molecule has 0 amide bonds. The van der Waals surface area contributed by atoms with Crippen LogP contribution in [0, 0.1) is 0 Å². The number of halogens is 3. The molecule has 0 bridgehead atoms. The lowest BCUT2D eigenvalue weighted by Gasteiger charge is -2.23. The summed E-state index contributed by atoms with van der Waals surface area (Å²) in [6, 6.07) is 0. The van der Waals surface area contributed by atoms with Crippen molar-refractivity contribution in [2.75, 3.05) is 27.4 Å². The fraction of sp³-hybridized carbons (Fsp3) is 1.00. The van der Waals surface area contributed by atoms with Crippen molar-refractivity contribution in [1.82, 2.24) is 4.67 Å². The molecule has 0 aromatic rings. The second kappa shape index (κ2) is 4.56. The highest BCUT2D eigenvalue weighted by molar-refractivity contribution is 7.51. The Balaban J connectivity index is 4.41. The summed E-state index contributed by atoms with van der Waals surface area (Å²) >= 11 is 0. The van der Waals surface area contributed by atoms with Gasteiger partial charge >= 0.3 is 16.8 Å². The molecule has 0 spiro atoms. The Labute approximate surface area is 75.7 Å². The van der Waals surface area contributed by atoms with Gasteiger partial charge in [0.25, 0.3) is 0 Å². The molecule has 0 N–H and O–H groups in total. The van der Waals surface area contributed by atoms with Gasteiger partial charge in [0, 0.05) is 14.2 Å². The first kappa shape index (κ1) is 13.1. The average molecular weight is 237 g/mol. The van der Waals surface area contributed by atoms with Crippen molar-refractivity contribution in [2.24, 2.45) is 0 Å². The van der Waals surface area contributed by atoms with E-state index in [0.29, 0.717) is 4.67 Å². The molecule has 0 unspecified atom stereocenters. The van der Waals surface area contributed by atoms with Crippen LogP contribution in [0.3, 0.4) is 0 Å². The van der Waals surface area contributed by atoms with Crippen LogP contribution >= 0.6 is 7.75 Å². The van der Waals surface area contributed by atoms with E-state index in [1.54, 1.807) is 0 Å². The van der Waals surface area contributed by atoms with Crippen LogP contribution < -0.4 is 0 Å². The highest BCUT2D eigenvalue weighted by atomic mass is 31.2. The van der Waals surface area contributed by atoms with Gasteiger partial charge in [-0.2, -0.15) is 0 Å². The van der Waals surface area contributed by atoms with E-state index >= 15 is 0 Å². The van der Waals surface area contributed by atoms with Crippen molar-refractivity contribution >= 4 is 16.8 Å². The third-order valence-electron chi connectivity index (χ3n) is 1.29. The van der Waals surface area contributed by atoms with Crippen LogP contribution in [0.15, 0.2) is 0 Å². The largest absolute Gasteiger partial charge is 0.631 e. The Kier molecular flexibility index (Phi) is 4.60.